The third kappa shape index (κ3) is 7.88. The quantitative estimate of drug-likeness (QED) is 0.265. The highest BCUT2D eigenvalue weighted by Crippen LogP contribution is 2.04. The van der Waals surface area contributed by atoms with E-state index in [-0.39, 0.29) is 24.0 Å². The smallest absolute Gasteiger partial charge is 0.189 e. The molecule has 100 valence electrons. The van der Waals surface area contributed by atoms with E-state index in [1.54, 1.807) is 12.4 Å². The SMILES string of the molecule is C=C(C)CN=C(N)NCCOc1cccnc1.I. The Kier molecular flexibility index (Phi) is 8.99. The first-order valence-corrected chi connectivity index (χ1v) is 5.39. The van der Waals surface area contributed by atoms with Gasteiger partial charge >= 0.3 is 0 Å². The molecule has 0 amide bonds. The van der Waals surface area contributed by atoms with Crippen LogP contribution in [0.4, 0.5) is 0 Å². The standard InChI is InChI=1S/C12H18N4O.HI/c1-10(2)8-16-12(13)15-6-7-17-11-4-3-5-14-9-11;/h3-5,9H,1,6-8H2,2H3,(H3,13,15,16);1H. The van der Waals surface area contributed by atoms with Crippen molar-refractivity contribution in [2.45, 2.75) is 6.92 Å². The first kappa shape index (κ1) is 16.7. The zero-order valence-corrected chi connectivity index (χ0v) is 12.8. The summed E-state index contributed by atoms with van der Waals surface area (Å²) in [7, 11) is 0. The van der Waals surface area contributed by atoms with Gasteiger partial charge in [-0.05, 0) is 19.1 Å². The van der Waals surface area contributed by atoms with Crippen molar-refractivity contribution < 1.29 is 4.74 Å². The lowest BCUT2D eigenvalue weighted by atomic mass is 10.4. The van der Waals surface area contributed by atoms with Gasteiger partial charge in [-0.25, -0.2) is 4.99 Å². The molecule has 0 aromatic carbocycles. The predicted octanol–water partition coefficient (Wildman–Crippen LogP) is 1.56. The molecule has 3 N–H and O–H groups in total. The van der Waals surface area contributed by atoms with Gasteiger partial charge in [-0.15, -0.1) is 24.0 Å². The van der Waals surface area contributed by atoms with Crippen molar-refractivity contribution in [2.24, 2.45) is 10.7 Å². The van der Waals surface area contributed by atoms with Crippen LogP contribution in [0.2, 0.25) is 0 Å². The van der Waals surface area contributed by atoms with E-state index in [9.17, 15) is 0 Å². The molecule has 0 saturated carbocycles. The van der Waals surface area contributed by atoms with Crippen LogP contribution in [0.3, 0.4) is 0 Å². The molecule has 6 heteroatoms. The fourth-order valence-electron chi connectivity index (χ4n) is 1.06. The fraction of sp³-hybridized carbons (Fsp3) is 0.333. The average molecular weight is 362 g/mol. The Bertz CT molecular complexity index is 381. The summed E-state index contributed by atoms with van der Waals surface area (Å²) >= 11 is 0. The molecule has 0 aliphatic heterocycles. The van der Waals surface area contributed by atoms with Crippen LogP contribution in [0.1, 0.15) is 6.92 Å². The highest BCUT2D eigenvalue weighted by molar-refractivity contribution is 14.0. The first-order valence-electron chi connectivity index (χ1n) is 5.39. The Labute approximate surface area is 125 Å². The predicted molar refractivity (Wildman–Crippen MR) is 84.5 cm³/mol. The fourth-order valence-corrected chi connectivity index (χ4v) is 1.06. The monoisotopic (exact) mass is 362 g/mol. The van der Waals surface area contributed by atoms with E-state index in [0.717, 1.165) is 11.3 Å². The minimum Gasteiger partial charge on any atom is -0.490 e. The summed E-state index contributed by atoms with van der Waals surface area (Å²) in [6, 6.07) is 3.68. The topological polar surface area (TPSA) is 72.5 Å². The number of hydrogen-bond acceptors (Lipinski definition) is 3. The van der Waals surface area contributed by atoms with Gasteiger partial charge in [0.2, 0.25) is 0 Å². The third-order valence-corrected chi connectivity index (χ3v) is 1.83. The van der Waals surface area contributed by atoms with E-state index >= 15 is 0 Å². The van der Waals surface area contributed by atoms with Crippen LogP contribution in [0, 0.1) is 0 Å². The summed E-state index contributed by atoms with van der Waals surface area (Å²) in [4.78, 5) is 8.03. The molecule has 0 aliphatic carbocycles. The van der Waals surface area contributed by atoms with Crippen molar-refractivity contribution in [3.05, 3.63) is 36.7 Å². The number of halogens is 1. The summed E-state index contributed by atoms with van der Waals surface area (Å²) in [5.74, 6) is 1.15. The van der Waals surface area contributed by atoms with Gasteiger partial charge in [-0.2, -0.15) is 0 Å². The summed E-state index contributed by atoms with van der Waals surface area (Å²) in [5, 5.41) is 2.95. The van der Waals surface area contributed by atoms with E-state index in [1.807, 2.05) is 19.1 Å². The Morgan fingerprint density at radius 3 is 3.00 bits per heavy atom. The van der Waals surface area contributed by atoms with E-state index in [1.165, 1.54) is 0 Å². The number of hydrogen-bond donors (Lipinski definition) is 2. The number of ether oxygens (including phenoxy) is 1. The van der Waals surface area contributed by atoms with Gasteiger partial charge in [-0.1, -0.05) is 12.2 Å². The van der Waals surface area contributed by atoms with Crippen LogP contribution in [0.5, 0.6) is 5.75 Å². The molecule has 1 aromatic rings. The number of nitrogens with one attached hydrogen (secondary N) is 1. The summed E-state index contributed by atoms with van der Waals surface area (Å²) in [5.41, 5.74) is 6.60. The summed E-state index contributed by atoms with van der Waals surface area (Å²) in [6.45, 7) is 7.30. The Balaban J connectivity index is 0.00000289. The van der Waals surface area contributed by atoms with Gasteiger partial charge in [0.15, 0.2) is 5.96 Å². The van der Waals surface area contributed by atoms with E-state index < -0.39 is 0 Å². The zero-order chi connectivity index (χ0) is 12.5. The van der Waals surface area contributed by atoms with Crippen LogP contribution in [0.25, 0.3) is 0 Å². The van der Waals surface area contributed by atoms with Gasteiger partial charge < -0.3 is 15.8 Å². The van der Waals surface area contributed by atoms with Gasteiger partial charge in [0.25, 0.3) is 0 Å². The molecule has 0 atom stereocenters. The largest absolute Gasteiger partial charge is 0.490 e. The van der Waals surface area contributed by atoms with Crippen molar-refractivity contribution in [2.75, 3.05) is 19.7 Å². The van der Waals surface area contributed by atoms with Crippen LogP contribution < -0.4 is 15.8 Å². The average Bonchev–Trinajstić information content (AvgIpc) is 2.33. The highest BCUT2D eigenvalue weighted by atomic mass is 127. The van der Waals surface area contributed by atoms with Gasteiger partial charge in [0.1, 0.15) is 12.4 Å². The molecule has 18 heavy (non-hydrogen) atoms. The number of aromatic nitrogens is 1. The molecule has 0 saturated heterocycles. The van der Waals surface area contributed by atoms with Crippen molar-refractivity contribution in [1.29, 1.82) is 0 Å². The van der Waals surface area contributed by atoms with E-state index in [4.69, 9.17) is 10.5 Å². The minimum atomic E-state index is 0. The maximum absolute atomic E-state index is 5.63. The molecule has 1 heterocycles. The van der Waals surface area contributed by atoms with Crippen molar-refractivity contribution in [3.8, 4) is 5.75 Å². The molecule has 0 fully saturated rings. The molecule has 0 spiro atoms. The Hall–Kier alpha value is -1.31. The van der Waals surface area contributed by atoms with Crippen molar-refractivity contribution in [1.82, 2.24) is 10.3 Å². The molecule has 5 nitrogen and oxygen atoms in total. The Morgan fingerprint density at radius 2 is 2.39 bits per heavy atom. The van der Waals surface area contributed by atoms with E-state index in [0.29, 0.717) is 25.7 Å². The van der Waals surface area contributed by atoms with Crippen LogP contribution >= 0.6 is 24.0 Å². The lowest BCUT2D eigenvalue weighted by Crippen LogP contribution is -2.34. The number of guanidine groups is 1. The molecule has 0 unspecified atom stereocenters. The molecular weight excluding hydrogens is 343 g/mol. The second kappa shape index (κ2) is 9.69. The zero-order valence-electron chi connectivity index (χ0n) is 10.4. The van der Waals surface area contributed by atoms with Crippen LogP contribution in [0.15, 0.2) is 41.7 Å². The number of nitrogens with zero attached hydrogens (tertiary/aromatic N) is 2. The van der Waals surface area contributed by atoms with Gasteiger partial charge in [0, 0.05) is 6.20 Å². The number of aliphatic imine (C=N–C) groups is 1. The lowest BCUT2D eigenvalue weighted by molar-refractivity contribution is 0.321. The lowest BCUT2D eigenvalue weighted by Gasteiger charge is -2.07. The molecule has 0 radical (unpaired) electrons. The number of pyridine rings is 1. The second-order valence-corrected chi connectivity index (χ2v) is 3.62. The van der Waals surface area contributed by atoms with Crippen molar-refractivity contribution >= 4 is 29.9 Å². The second-order valence-electron chi connectivity index (χ2n) is 3.62. The molecule has 1 rings (SSSR count). The molecule has 1 aromatic heterocycles. The maximum atomic E-state index is 5.63. The Morgan fingerprint density at radius 1 is 1.61 bits per heavy atom. The van der Waals surface area contributed by atoms with Crippen LogP contribution in [-0.4, -0.2) is 30.6 Å². The number of nitrogens with two attached hydrogens (primary N) is 1. The summed E-state index contributed by atoms with van der Waals surface area (Å²) < 4.78 is 5.43. The van der Waals surface area contributed by atoms with Gasteiger partial charge in [0.05, 0.1) is 19.3 Å². The molecular formula is C12H19IN4O. The van der Waals surface area contributed by atoms with Gasteiger partial charge in [-0.3, -0.25) is 4.98 Å². The van der Waals surface area contributed by atoms with Crippen molar-refractivity contribution in [3.63, 3.8) is 0 Å². The minimum absolute atomic E-state index is 0. The highest BCUT2D eigenvalue weighted by Gasteiger charge is 1.93. The molecule has 0 aliphatic rings. The summed E-state index contributed by atoms with van der Waals surface area (Å²) in [6.07, 6.45) is 3.37. The maximum Gasteiger partial charge on any atom is 0.189 e. The van der Waals surface area contributed by atoms with Crippen LogP contribution in [-0.2, 0) is 0 Å². The van der Waals surface area contributed by atoms with E-state index in [2.05, 4.69) is 21.9 Å². The number of rotatable bonds is 6. The first-order chi connectivity index (χ1) is 8.18. The third-order valence-electron chi connectivity index (χ3n) is 1.83. The normalized spacial score (nSPS) is 10.4. The molecule has 0 bridgehead atoms.